The molecule has 1 aromatic carbocycles. The van der Waals surface area contributed by atoms with E-state index in [0.29, 0.717) is 16.9 Å². The zero-order chi connectivity index (χ0) is 14.7. The standard InChI is InChI=1S/C16H20ClNO2/c1-11(2)13-7-8-18(10-13)15-5-4-14(17)9-12(15)3-6-16(19)20/h3-6,9,11,13H,7-8,10H2,1-2H3,(H,19,20)/b6-3+. The topological polar surface area (TPSA) is 40.5 Å². The molecule has 0 spiro atoms. The van der Waals surface area contributed by atoms with E-state index < -0.39 is 5.97 Å². The Bertz CT molecular complexity index is 525. The maximum Gasteiger partial charge on any atom is 0.328 e. The number of carbonyl (C=O) groups is 1. The first-order valence-electron chi connectivity index (χ1n) is 6.93. The molecule has 1 fully saturated rings. The molecule has 1 N–H and O–H groups in total. The quantitative estimate of drug-likeness (QED) is 0.855. The number of hydrogen-bond donors (Lipinski definition) is 1. The Balaban J connectivity index is 2.25. The summed E-state index contributed by atoms with van der Waals surface area (Å²) in [6, 6.07) is 5.66. The average molecular weight is 294 g/mol. The molecule has 2 rings (SSSR count). The lowest BCUT2D eigenvalue weighted by molar-refractivity contribution is -0.131. The maximum atomic E-state index is 10.7. The van der Waals surface area contributed by atoms with Crippen LogP contribution in [-0.4, -0.2) is 24.2 Å². The third-order valence-electron chi connectivity index (χ3n) is 3.90. The van der Waals surface area contributed by atoms with Crippen molar-refractivity contribution >= 4 is 29.3 Å². The number of halogens is 1. The second kappa shape index (κ2) is 6.31. The van der Waals surface area contributed by atoms with Crippen molar-refractivity contribution in [1.29, 1.82) is 0 Å². The first-order chi connectivity index (χ1) is 9.47. The predicted molar refractivity (Wildman–Crippen MR) is 83.3 cm³/mol. The molecule has 1 atom stereocenters. The molecular weight excluding hydrogens is 274 g/mol. The molecule has 0 aliphatic carbocycles. The molecule has 0 saturated carbocycles. The van der Waals surface area contributed by atoms with Gasteiger partial charge in [0.15, 0.2) is 0 Å². The van der Waals surface area contributed by atoms with Crippen LogP contribution in [-0.2, 0) is 4.79 Å². The fourth-order valence-electron chi connectivity index (χ4n) is 2.66. The van der Waals surface area contributed by atoms with Gasteiger partial charge in [0.25, 0.3) is 0 Å². The van der Waals surface area contributed by atoms with E-state index in [1.165, 1.54) is 6.42 Å². The molecule has 108 valence electrons. The van der Waals surface area contributed by atoms with Gasteiger partial charge >= 0.3 is 5.97 Å². The summed E-state index contributed by atoms with van der Waals surface area (Å²) in [5.74, 6) is 0.421. The molecule has 0 radical (unpaired) electrons. The monoisotopic (exact) mass is 293 g/mol. The van der Waals surface area contributed by atoms with Gasteiger partial charge in [0.2, 0.25) is 0 Å². The third-order valence-corrected chi connectivity index (χ3v) is 4.14. The van der Waals surface area contributed by atoms with Crippen LogP contribution in [0.3, 0.4) is 0 Å². The van der Waals surface area contributed by atoms with Gasteiger partial charge in [-0.1, -0.05) is 25.4 Å². The van der Waals surface area contributed by atoms with Crippen LogP contribution in [0.25, 0.3) is 6.08 Å². The summed E-state index contributed by atoms with van der Waals surface area (Å²) >= 11 is 6.02. The van der Waals surface area contributed by atoms with Crippen molar-refractivity contribution in [3.63, 3.8) is 0 Å². The van der Waals surface area contributed by atoms with Crippen molar-refractivity contribution in [1.82, 2.24) is 0 Å². The Kier molecular flexibility index (Phi) is 4.71. The zero-order valence-corrected chi connectivity index (χ0v) is 12.6. The number of rotatable bonds is 4. The first-order valence-corrected chi connectivity index (χ1v) is 7.30. The third kappa shape index (κ3) is 3.54. The molecule has 1 unspecified atom stereocenters. The summed E-state index contributed by atoms with van der Waals surface area (Å²) in [6.07, 6.45) is 3.96. The highest BCUT2D eigenvalue weighted by atomic mass is 35.5. The number of carboxylic acids is 1. The van der Waals surface area contributed by atoms with Crippen molar-refractivity contribution < 1.29 is 9.90 Å². The SMILES string of the molecule is CC(C)C1CCN(c2ccc(Cl)cc2/C=C/C(=O)O)C1. The van der Waals surface area contributed by atoms with E-state index in [1.54, 1.807) is 6.08 Å². The van der Waals surface area contributed by atoms with Crippen LogP contribution in [0.5, 0.6) is 0 Å². The lowest BCUT2D eigenvalue weighted by Crippen LogP contribution is -2.21. The average Bonchev–Trinajstić information content (AvgIpc) is 2.86. The van der Waals surface area contributed by atoms with Gasteiger partial charge in [-0.05, 0) is 48.1 Å². The van der Waals surface area contributed by atoms with Crippen molar-refractivity contribution in [3.05, 3.63) is 34.9 Å². The fraction of sp³-hybridized carbons (Fsp3) is 0.438. The predicted octanol–water partition coefficient (Wildman–Crippen LogP) is 3.92. The van der Waals surface area contributed by atoms with Crippen molar-refractivity contribution in [2.75, 3.05) is 18.0 Å². The minimum atomic E-state index is -0.947. The van der Waals surface area contributed by atoms with Crippen LogP contribution >= 0.6 is 11.6 Å². The number of nitrogens with zero attached hydrogens (tertiary/aromatic N) is 1. The summed E-state index contributed by atoms with van der Waals surface area (Å²) in [5, 5.41) is 9.41. The van der Waals surface area contributed by atoms with Crippen LogP contribution in [0.4, 0.5) is 5.69 Å². The molecule has 1 aliphatic rings. The van der Waals surface area contributed by atoms with E-state index in [9.17, 15) is 4.79 Å². The van der Waals surface area contributed by atoms with Crippen molar-refractivity contribution in [2.45, 2.75) is 20.3 Å². The van der Waals surface area contributed by atoms with Crippen molar-refractivity contribution in [2.24, 2.45) is 11.8 Å². The number of aliphatic carboxylic acids is 1. The van der Waals surface area contributed by atoms with E-state index in [-0.39, 0.29) is 0 Å². The van der Waals surface area contributed by atoms with Gasteiger partial charge in [-0.3, -0.25) is 0 Å². The van der Waals surface area contributed by atoms with Crippen LogP contribution in [0.15, 0.2) is 24.3 Å². The lowest BCUT2D eigenvalue weighted by atomic mass is 9.95. The highest BCUT2D eigenvalue weighted by Crippen LogP contribution is 2.32. The molecule has 1 heterocycles. The summed E-state index contributed by atoms with van der Waals surface area (Å²) in [6.45, 7) is 6.54. The van der Waals surface area contributed by atoms with Crippen LogP contribution in [0.1, 0.15) is 25.8 Å². The number of hydrogen-bond acceptors (Lipinski definition) is 2. The Morgan fingerprint density at radius 1 is 1.50 bits per heavy atom. The summed E-state index contributed by atoms with van der Waals surface area (Å²) in [5.41, 5.74) is 1.93. The largest absolute Gasteiger partial charge is 0.478 e. The van der Waals surface area contributed by atoms with E-state index in [2.05, 4.69) is 18.7 Å². The minimum Gasteiger partial charge on any atom is -0.478 e. The Hall–Kier alpha value is -1.48. The van der Waals surface area contributed by atoms with Crippen LogP contribution in [0.2, 0.25) is 5.02 Å². The second-order valence-corrected chi connectivity index (χ2v) is 6.05. The van der Waals surface area contributed by atoms with Crippen LogP contribution < -0.4 is 4.90 Å². The van der Waals surface area contributed by atoms with Gasteiger partial charge in [0.1, 0.15) is 0 Å². The van der Waals surface area contributed by atoms with E-state index in [4.69, 9.17) is 16.7 Å². The minimum absolute atomic E-state index is 0.624. The molecule has 1 saturated heterocycles. The van der Waals surface area contributed by atoms with Gasteiger partial charge in [-0.15, -0.1) is 0 Å². The molecule has 3 nitrogen and oxygen atoms in total. The molecular formula is C16H20ClNO2. The number of benzene rings is 1. The highest BCUT2D eigenvalue weighted by molar-refractivity contribution is 6.30. The molecule has 0 amide bonds. The molecule has 0 bridgehead atoms. The summed E-state index contributed by atoms with van der Waals surface area (Å²) in [7, 11) is 0. The molecule has 1 aliphatic heterocycles. The molecule has 4 heteroatoms. The Labute approximate surface area is 124 Å². The van der Waals surface area contributed by atoms with Gasteiger partial charge in [-0.25, -0.2) is 4.79 Å². The Morgan fingerprint density at radius 2 is 2.25 bits per heavy atom. The van der Waals surface area contributed by atoms with E-state index >= 15 is 0 Å². The Morgan fingerprint density at radius 3 is 2.85 bits per heavy atom. The van der Waals surface area contributed by atoms with Gasteiger partial charge in [0, 0.05) is 29.9 Å². The second-order valence-electron chi connectivity index (χ2n) is 5.61. The van der Waals surface area contributed by atoms with Gasteiger partial charge < -0.3 is 10.0 Å². The van der Waals surface area contributed by atoms with E-state index in [0.717, 1.165) is 30.4 Å². The number of carboxylic acid groups (broad SMARTS) is 1. The molecule has 20 heavy (non-hydrogen) atoms. The molecule has 1 aromatic rings. The van der Waals surface area contributed by atoms with Crippen LogP contribution in [0, 0.1) is 11.8 Å². The van der Waals surface area contributed by atoms with Gasteiger partial charge in [-0.2, -0.15) is 0 Å². The molecule has 0 aromatic heterocycles. The maximum absolute atomic E-state index is 10.7. The van der Waals surface area contributed by atoms with Gasteiger partial charge in [0.05, 0.1) is 0 Å². The van der Waals surface area contributed by atoms with Crippen molar-refractivity contribution in [3.8, 4) is 0 Å². The smallest absolute Gasteiger partial charge is 0.328 e. The van der Waals surface area contributed by atoms with E-state index in [1.807, 2.05) is 18.2 Å². The summed E-state index contributed by atoms with van der Waals surface area (Å²) in [4.78, 5) is 13.0. The first kappa shape index (κ1) is 14.9. The zero-order valence-electron chi connectivity index (χ0n) is 11.8. The summed E-state index contributed by atoms with van der Waals surface area (Å²) < 4.78 is 0. The number of anilines is 1. The lowest BCUT2D eigenvalue weighted by Gasteiger charge is -2.22. The normalized spacial score (nSPS) is 19.2. The fourth-order valence-corrected chi connectivity index (χ4v) is 2.84. The highest BCUT2D eigenvalue weighted by Gasteiger charge is 2.25.